The lowest BCUT2D eigenvalue weighted by molar-refractivity contribution is -0.143. The van der Waals surface area contributed by atoms with Gasteiger partial charge in [0.1, 0.15) is 6.54 Å². The van der Waals surface area contributed by atoms with Crippen LogP contribution in [0.1, 0.15) is 13.3 Å². The monoisotopic (exact) mass is 269 g/mol. The summed E-state index contributed by atoms with van der Waals surface area (Å²) in [5, 5.41) is 20.0. The summed E-state index contributed by atoms with van der Waals surface area (Å²) in [7, 11) is 0. The van der Waals surface area contributed by atoms with Crippen LogP contribution in [-0.2, 0) is 14.3 Å². The SMILES string of the molecule is CCCN(CC(=O)NCC#N)C1COCC1C(=O)O. The van der Waals surface area contributed by atoms with Crippen molar-refractivity contribution >= 4 is 11.9 Å². The Balaban J connectivity index is 2.63. The number of rotatable bonds is 7. The van der Waals surface area contributed by atoms with Crippen molar-refractivity contribution in [3.63, 3.8) is 0 Å². The molecule has 0 aromatic rings. The van der Waals surface area contributed by atoms with Crippen molar-refractivity contribution in [2.24, 2.45) is 5.92 Å². The number of carboxylic acid groups (broad SMARTS) is 1. The van der Waals surface area contributed by atoms with Crippen LogP contribution in [0, 0.1) is 17.2 Å². The van der Waals surface area contributed by atoms with E-state index in [9.17, 15) is 9.59 Å². The lowest BCUT2D eigenvalue weighted by Crippen LogP contribution is -2.48. The number of carboxylic acids is 1. The van der Waals surface area contributed by atoms with Gasteiger partial charge in [-0.2, -0.15) is 5.26 Å². The third-order valence-electron chi connectivity index (χ3n) is 3.06. The number of aliphatic carboxylic acids is 1. The highest BCUT2D eigenvalue weighted by atomic mass is 16.5. The van der Waals surface area contributed by atoms with E-state index in [2.05, 4.69) is 5.32 Å². The Labute approximate surface area is 112 Å². The summed E-state index contributed by atoms with van der Waals surface area (Å²) >= 11 is 0. The summed E-state index contributed by atoms with van der Waals surface area (Å²) in [4.78, 5) is 24.6. The van der Waals surface area contributed by atoms with Crippen LogP contribution in [0.15, 0.2) is 0 Å². The van der Waals surface area contributed by atoms with E-state index in [4.69, 9.17) is 15.1 Å². The predicted octanol–water partition coefficient (Wildman–Crippen LogP) is -0.562. The minimum absolute atomic E-state index is 0.0394. The third-order valence-corrected chi connectivity index (χ3v) is 3.06. The van der Waals surface area contributed by atoms with Crippen molar-refractivity contribution in [3.05, 3.63) is 0 Å². The zero-order valence-corrected chi connectivity index (χ0v) is 11.0. The van der Waals surface area contributed by atoms with E-state index < -0.39 is 11.9 Å². The average molecular weight is 269 g/mol. The second-order valence-electron chi connectivity index (χ2n) is 4.45. The van der Waals surface area contributed by atoms with Gasteiger partial charge in [0.2, 0.25) is 5.91 Å². The van der Waals surface area contributed by atoms with Crippen LogP contribution in [-0.4, -0.2) is 60.8 Å². The molecule has 1 amide bonds. The fraction of sp³-hybridized carbons (Fsp3) is 0.750. The first kappa shape index (κ1) is 15.4. The van der Waals surface area contributed by atoms with Gasteiger partial charge >= 0.3 is 5.97 Å². The normalized spacial score (nSPS) is 22.2. The highest BCUT2D eigenvalue weighted by molar-refractivity contribution is 5.78. The third kappa shape index (κ3) is 4.50. The fourth-order valence-electron chi connectivity index (χ4n) is 2.17. The van der Waals surface area contributed by atoms with E-state index >= 15 is 0 Å². The molecule has 19 heavy (non-hydrogen) atoms. The minimum Gasteiger partial charge on any atom is -0.481 e. The summed E-state index contributed by atoms with van der Waals surface area (Å²) in [5.74, 6) is -1.78. The van der Waals surface area contributed by atoms with Gasteiger partial charge in [-0.3, -0.25) is 14.5 Å². The van der Waals surface area contributed by atoms with Gasteiger partial charge < -0.3 is 15.2 Å². The second kappa shape index (κ2) is 7.71. The first-order chi connectivity index (χ1) is 9.10. The van der Waals surface area contributed by atoms with E-state index in [-0.39, 0.29) is 31.6 Å². The van der Waals surface area contributed by atoms with Crippen molar-refractivity contribution in [3.8, 4) is 6.07 Å². The number of ether oxygens (including phenoxy) is 1. The van der Waals surface area contributed by atoms with Gasteiger partial charge in [-0.25, -0.2) is 0 Å². The van der Waals surface area contributed by atoms with Gasteiger partial charge in [-0.05, 0) is 13.0 Å². The topological polar surface area (TPSA) is 103 Å². The van der Waals surface area contributed by atoms with Gasteiger partial charge in [-0.1, -0.05) is 6.92 Å². The van der Waals surface area contributed by atoms with Crippen LogP contribution >= 0.6 is 0 Å². The summed E-state index contributed by atoms with van der Waals surface area (Å²) in [5.41, 5.74) is 0. The lowest BCUT2D eigenvalue weighted by atomic mass is 10.0. The zero-order chi connectivity index (χ0) is 14.3. The number of amides is 1. The number of carbonyl (C=O) groups excluding carboxylic acids is 1. The first-order valence-corrected chi connectivity index (χ1v) is 6.28. The van der Waals surface area contributed by atoms with Gasteiger partial charge in [-0.15, -0.1) is 0 Å². The molecule has 0 spiro atoms. The van der Waals surface area contributed by atoms with E-state index in [0.717, 1.165) is 6.42 Å². The van der Waals surface area contributed by atoms with Crippen molar-refractivity contribution in [2.45, 2.75) is 19.4 Å². The number of nitrogens with zero attached hydrogens (tertiary/aromatic N) is 2. The van der Waals surface area contributed by atoms with Gasteiger partial charge in [0, 0.05) is 6.04 Å². The fourth-order valence-corrected chi connectivity index (χ4v) is 2.17. The molecule has 0 bridgehead atoms. The predicted molar refractivity (Wildman–Crippen MR) is 66.2 cm³/mol. The number of nitrogens with one attached hydrogen (secondary N) is 1. The molecular formula is C12H19N3O4. The Kier molecular flexibility index (Phi) is 6.25. The molecule has 0 aromatic heterocycles. The first-order valence-electron chi connectivity index (χ1n) is 6.28. The summed E-state index contributed by atoms with van der Waals surface area (Å²) in [6, 6.07) is 1.54. The number of hydrogen-bond acceptors (Lipinski definition) is 5. The Bertz CT molecular complexity index is 366. The smallest absolute Gasteiger partial charge is 0.310 e. The van der Waals surface area contributed by atoms with E-state index in [1.165, 1.54) is 0 Å². The molecule has 0 aliphatic carbocycles. The minimum atomic E-state index is -0.902. The van der Waals surface area contributed by atoms with Crippen LogP contribution in [0.4, 0.5) is 0 Å². The van der Waals surface area contributed by atoms with Gasteiger partial charge in [0.15, 0.2) is 0 Å². The molecule has 7 heteroatoms. The molecule has 1 aliphatic heterocycles. The molecule has 1 rings (SSSR count). The summed E-state index contributed by atoms with van der Waals surface area (Å²) in [6.45, 7) is 3.14. The quantitative estimate of drug-likeness (QED) is 0.600. The molecule has 1 fully saturated rings. The molecule has 2 N–H and O–H groups in total. The molecule has 1 aliphatic rings. The van der Waals surface area contributed by atoms with Crippen molar-refractivity contribution in [2.75, 3.05) is 32.8 Å². The van der Waals surface area contributed by atoms with Crippen LogP contribution in [0.3, 0.4) is 0 Å². The van der Waals surface area contributed by atoms with Crippen LogP contribution in [0.5, 0.6) is 0 Å². The Hall–Kier alpha value is -1.65. The van der Waals surface area contributed by atoms with Gasteiger partial charge in [0.05, 0.1) is 31.7 Å². The van der Waals surface area contributed by atoms with Crippen molar-refractivity contribution < 1.29 is 19.4 Å². The largest absolute Gasteiger partial charge is 0.481 e. The maximum Gasteiger partial charge on any atom is 0.310 e. The van der Waals surface area contributed by atoms with Crippen molar-refractivity contribution in [1.29, 1.82) is 5.26 Å². The molecule has 0 radical (unpaired) electrons. The molecular weight excluding hydrogens is 250 g/mol. The molecule has 1 heterocycles. The van der Waals surface area contributed by atoms with Crippen LogP contribution in [0.2, 0.25) is 0 Å². The van der Waals surface area contributed by atoms with Crippen molar-refractivity contribution in [1.82, 2.24) is 10.2 Å². The Morgan fingerprint density at radius 3 is 2.84 bits per heavy atom. The standard InChI is InChI=1S/C12H19N3O4/c1-2-5-15(6-11(16)14-4-3-13)10-8-19-7-9(10)12(17)18/h9-10H,2,4-8H2,1H3,(H,14,16)(H,17,18). The molecule has 2 unspecified atom stereocenters. The molecule has 106 valence electrons. The molecule has 7 nitrogen and oxygen atoms in total. The molecule has 1 saturated heterocycles. The highest BCUT2D eigenvalue weighted by Gasteiger charge is 2.38. The van der Waals surface area contributed by atoms with E-state index in [1.54, 1.807) is 0 Å². The van der Waals surface area contributed by atoms with Gasteiger partial charge in [0.25, 0.3) is 0 Å². The maximum absolute atomic E-state index is 11.6. The molecule has 0 saturated carbocycles. The highest BCUT2D eigenvalue weighted by Crippen LogP contribution is 2.20. The Morgan fingerprint density at radius 1 is 1.53 bits per heavy atom. The maximum atomic E-state index is 11.6. The number of hydrogen-bond donors (Lipinski definition) is 2. The number of carbonyl (C=O) groups is 2. The lowest BCUT2D eigenvalue weighted by Gasteiger charge is -2.29. The van der Waals surface area contributed by atoms with E-state index in [1.807, 2.05) is 17.9 Å². The van der Waals surface area contributed by atoms with Crippen LogP contribution < -0.4 is 5.32 Å². The zero-order valence-electron chi connectivity index (χ0n) is 11.0. The number of nitriles is 1. The Morgan fingerprint density at radius 2 is 2.26 bits per heavy atom. The molecule has 0 aromatic carbocycles. The van der Waals surface area contributed by atoms with E-state index in [0.29, 0.717) is 13.2 Å². The molecule has 2 atom stereocenters. The summed E-state index contributed by atoms with van der Waals surface area (Å²) < 4.78 is 5.21. The average Bonchev–Trinajstić information content (AvgIpc) is 2.85. The second-order valence-corrected chi connectivity index (χ2v) is 4.45. The van der Waals surface area contributed by atoms with Crippen LogP contribution in [0.25, 0.3) is 0 Å². The summed E-state index contributed by atoms with van der Waals surface area (Å²) in [6.07, 6.45) is 0.814.